The van der Waals surface area contributed by atoms with Gasteiger partial charge in [-0.1, -0.05) is 37.3 Å². The molecule has 1 aromatic heterocycles. The van der Waals surface area contributed by atoms with Gasteiger partial charge in [0.1, 0.15) is 18.0 Å². The molecule has 0 saturated carbocycles. The monoisotopic (exact) mass is 543 g/mol. The molecule has 4 heterocycles. The Bertz CT molecular complexity index is 1450. The molecule has 2 fully saturated rings. The van der Waals surface area contributed by atoms with Gasteiger partial charge in [0.2, 0.25) is 5.91 Å². The van der Waals surface area contributed by atoms with E-state index >= 15 is 0 Å². The Balaban J connectivity index is 1.10. The van der Waals surface area contributed by atoms with Crippen molar-refractivity contribution in [3.8, 4) is 5.69 Å². The maximum Gasteiger partial charge on any atom is 0.226 e. The molecule has 3 aliphatic heterocycles. The zero-order valence-corrected chi connectivity index (χ0v) is 23.1. The number of fused-ring (bicyclic) bond motifs is 1. The molecule has 1 N–H and O–H groups in total. The van der Waals surface area contributed by atoms with Gasteiger partial charge in [-0.2, -0.15) is 0 Å². The molecule has 2 aromatic carbocycles. The smallest absolute Gasteiger partial charge is 0.226 e. The first-order chi connectivity index (χ1) is 19.4. The fourth-order valence-electron chi connectivity index (χ4n) is 6.56. The Labute approximate surface area is 234 Å². The number of aliphatic hydroxyl groups is 1. The Kier molecular flexibility index (Phi) is 7.47. The first kappa shape index (κ1) is 26.7. The van der Waals surface area contributed by atoms with Crippen LogP contribution in [0.2, 0.25) is 0 Å². The number of halogens is 1. The first-order valence-electron chi connectivity index (χ1n) is 14.4. The van der Waals surface area contributed by atoms with Gasteiger partial charge in [0, 0.05) is 61.3 Å². The number of likely N-dealkylation sites (tertiary alicyclic amines) is 2. The first-order valence-corrected chi connectivity index (χ1v) is 14.4. The minimum atomic E-state index is -0.871. The van der Waals surface area contributed by atoms with Gasteiger partial charge in [0.25, 0.3) is 0 Å². The Morgan fingerprint density at radius 2 is 1.80 bits per heavy atom. The van der Waals surface area contributed by atoms with Crippen LogP contribution in [-0.4, -0.2) is 81.8 Å². The molecule has 8 heteroatoms. The Morgan fingerprint density at radius 3 is 2.52 bits per heavy atom. The van der Waals surface area contributed by atoms with Gasteiger partial charge in [0.15, 0.2) is 0 Å². The van der Waals surface area contributed by atoms with E-state index in [1.165, 1.54) is 17.7 Å². The summed E-state index contributed by atoms with van der Waals surface area (Å²) in [5.74, 6) is 0.148. The molecule has 7 nitrogen and oxygen atoms in total. The van der Waals surface area contributed by atoms with E-state index in [1.54, 1.807) is 12.1 Å². The van der Waals surface area contributed by atoms with Crippen LogP contribution in [0.25, 0.3) is 11.9 Å². The van der Waals surface area contributed by atoms with E-state index < -0.39 is 5.60 Å². The van der Waals surface area contributed by atoms with Crippen LogP contribution in [0, 0.1) is 11.7 Å². The van der Waals surface area contributed by atoms with Crippen molar-refractivity contribution >= 4 is 12.1 Å². The predicted molar refractivity (Wildman–Crippen MR) is 153 cm³/mol. The number of hydrogen-bond donors (Lipinski definition) is 1. The number of carbonyl (C=O) groups is 1. The second-order valence-electron chi connectivity index (χ2n) is 11.5. The highest BCUT2D eigenvalue weighted by atomic mass is 19.1. The SMILES string of the molecule is CCN1CC[C@@H](C(=O)N2CCC(O)(CN3C=c4ccn(-c5ccc(F)cc5)c4=NC3)CC2)[C@H](c2ccccc2)C1. The van der Waals surface area contributed by atoms with Crippen molar-refractivity contribution < 1.29 is 14.3 Å². The molecule has 6 rings (SSSR count). The van der Waals surface area contributed by atoms with Gasteiger partial charge >= 0.3 is 0 Å². The van der Waals surface area contributed by atoms with Crippen LogP contribution >= 0.6 is 0 Å². The summed E-state index contributed by atoms with van der Waals surface area (Å²) in [5.41, 5.74) is 2.06. The number of benzene rings is 2. The third kappa shape index (κ3) is 5.43. The van der Waals surface area contributed by atoms with Gasteiger partial charge in [-0.3, -0.25) is 4.79 Å². The van der Waals surface area contributed by atoms with Crippen LogP contribution in [0.3, 0.4) is 0 Å². The minimum Gasteiger partial charge on any atom is -0.388 e. The fraction of sp³-hybridized carbons (Fsp3) is 0.438. The molecule has 0 radical (unpaired) electrons. The number of amides is 1. The molecule has 2 saturated heterocycles. The number of carbonyl (C=O) groups excluding carboxylic acids is 1. The lowest BCUT2D eigenvalue weighted by Crippen LogP contribution is -2.54. The number of β-amino-alcohol motifs (C(OH)–C–C–N with tert-alkyl or cyclic N) is 1. The third-order valence-electron chi connectivity index (χ3n) is 8.91. The van der Waals surface area contributed by atoms with Crippen LogP contribution in [0.4, 0.5) is 4.39 Å². The van der Waals surface area contributed by atoms with Crippen LogP contribution in [0.1, 0.15) is 37.7 Å². The Morgan fingerprint density at radius 1 is 1.05 bits per heavy atom. The topological polar surface area (TPSA) is 64.3 Å². The molecule has 1 amide bonds. The molecule has 3 aliphatic rings. The number of aromatic nitrogens is 1. The molecule has 40 heavy (non-hydrogen) atoms. The normalized spacial score (nSPS) is 22.8. The fourth-order valence-corrected chi connectivity index (χ4v) is 6.56. The van der Waals surface area contributed by atoms with Crippen molar-refractivity contribution in [1.82, 2.24) is 19.3 Å². The second kappa shape index (κ2) is 11.2. The van der Waals surface area contributed by atoms with Gasteiger partial charge in [-0.05, 0) is 68.2 Å². The lowest BCUT2D eigenvalue weighted by Gasteiger charge is -2.44. The molecule has 0 aliphatic carbocycles. The van der Waals surface area contributed by atoms with E-state index in [9.17, 15) is 14.3 Å². The van der Waals surface area contributed by atoms with Crippen molar-refractivity contribution in [2.24, 2.45) is 10.9 Å². The summed E-state index contributed by atoms with van der Waals surface area (Å²) in [5, 5.41) is 12.5. The van der Waals surface area contributed by atoms with E-state index in [-0.39, 0.29) is 23.6 Å². The lowest BCUT2D eigenvalue weighted by atomic mass is 9.79. The number of likely N-dealkylation sites (N-methyl/N-ethyl adjacent to an activating group) is 1. The van der Waals surface area contributed by atoms with Crippen LogP contribution < -0.4 is 10.7 Å². The van der Waals surface area contributed by atoms with E-state index in [1.807, 2.05) is 34.0 Å². The average molecular weight is 544 g/mol. The number of nitrogens with zero attached hydrogens (tertiary/aromatic N) is 5. The summed E-state index contributed by atoms with van der Waals surface area (Å²) < 4.78 is 15.3. The Hall–Kier alpha value is -3.49. The van der Waals surface area contributed by atoms with Crippen molar-refractivity contribution in [2.45, 2.75) is 37.7 Å². The van der Waals surface area contributed by atoms with E-state index in [4.69, 9.17) is 4.99 Å². The van der Waals surface area contributed by atoms with Crippen LogP contribution in [-0.2, 0) is 4.79 Å². The van der Waals surface area contributed by atoms with Crippen LogP contribution in [0.5, 0.6) is 0 Å². The van der Waals surface area contributed by atoms with Gasteiger partial charge in [-0.25, -0.2) is 9.38 Å². The summed E-state index contributed by atoms with van der Waals surface area (Å²) in [6, 6.07) is 18.8. The van der Waals surface area contributed by atoms with E-state index in [0.717, 1.165) is 42.4 Å². The van der Waals surface area contributed by atoms with Gasteiger partial charge in [-0.15, -0.1) is 0 Å². The summed E-state index contributed by atoms with van der Waals surface area (Å²) in [4.78, 5) is 25.0. The average Bonchev–Trinajstić information content (AvgIpc) is 3.41. The van der Waals surface area contributed by atoms with E-state index in [2.05, 4.69) is 41.0 Å². The number of hydrogen-bond acceptors (Lipinski definition) is 5. The van der Waals surface area contributed by atoms with Gasteiger partial charge in [0.05, 0.1) is 5.60 Å². The van der Waals surface area contributed by atoms with Crippen molar-refractivity contribution in [1.29, 1.82) is 0 Å². The summed E-state index contributed by atoms with van der Waals surface area (Å²) in [6.07, 6.45) is 5.96. The molecule has 0 spiro atoms. The van der Waals surface area contributed by atoms with E-state index in [0.29, 0.717) is 39.1 Å². The quantitative estimate of drug-likeness (QED) is 0.520. The summed E-state index contributed by atoms with van der Waals surface area (Å²) in [6.45, 7) is 7.11. The third-order valence-corrected chi connectivity index (χ3v) is 8.91. The molecule has 0 unspecified atom stereocenters. The summed E-state index contributed by atoms with van der Waals surface area (Å²) >= 11 is 0. The number of rotatable bonds is 6. The largest absolute Gasteiger partial charge is 0.388 e. The maximum atomic E-state index is 13.8. The highest BCUT2D eigenvalue weighted by molar-refractivity contribution is 5.80. The van der Waals surface area contributed by atoms with Crippen molar-refractivity contribution in [3.63, 3.8) is 0 Å². The molecular weight excluding hydrogens is 505 g/mol. The molecule has 0 bridgehead atoms. The minimum absolute atomic E-state index is 0.0193. The zero-order valence-electron chi connectivity index (χ0n) is 23.1. The molecule has 3 aromatic rings. The van der Waals surface area contributed by atoms with Crippen molar-refractivity contribution in [2.75, 3.05) is 45.9 Å². The molecule has 2 atom stereocenters. The number of piperidine rings is 2. The second-order valence-corrected chi connectivity index (χ2v) is 11.5. The predicted octanol–water partition coefficient (Wildman–Crippen LogP) is 2.73. The molecule has 210 valence electrons. The molecular formula is C32H38FN5O2. The zero-order chi connectivity index (χ0) is 27.7. The standard InChI is InChI=1S/C32H38FN5O2/c1-2-35-16-13-28(29(21-35)24-6-4-3-5-7-24)31(39)37-18-14-32(40,15-19-37)22-36-20-25-12-17-38(30(25)34-23-36)27-10-8-26(33)9-11-27/h3-12,17,20,28-29,40H,2,13-16,18-19,21-23H2,1H3/t28-,29+/m1/s1. The highest BCUT2D eigenvalue weighted by Gasteiger charge is 2.40. The van der Waals surface area contributed by atoms with Crippen molar-refractivity contribution in [3.05, 3.63) is 88.9 Å². The maximum absolute atomic E-state index is 13.8. The lowest BCUT2D eigenvalue weighted by molar-refractivity contribution is -0.142. The highest BCUT2D eigenvalue weighted by Crippen LogP contribution is 2.35. The van der Waals surface area contributed by atoms with Crippen LogP contribution in [0.15, 0.2) is 71.9 Å². The summed E-state index contributed by atoms with van der Waals surface area (Å²) in [7, 11) is 0. The van der Waals surface area contributed by atoms with Gasteiger partial charge < -0.3 is 24.4 Å².